The maximum absolute atomic E-state index is 12.5. The first-order valence-electron chi connectivity index (χ1n) is 7.83. The van der Waals surface area contributed by atoms with Gasteiger partial charge < -0.3 is 10.6 Å². The van der Waals surface area contributed by atoms with Gasteiger partial charge in [-0.3, -0.25) is 4.79 Å². The predicted molar refractivity (Wildman–Crippen MR) is 84.1 cm³/mol. The van der Waals surface area contributed by atoms with E-state index in [0.717, 1.165) is 37.8 Å². The topological polar surface area (TPSA) is 41.1 Å². The number of hydrogen-bond acceptors (Lipinski definition) is 2. The normalized spacial score (nSPS) is 22.6. The van der Waals surface area contributed by atoms with Crippen LogP contribution in [0.4, 0.5) is 5.69 Å². The molecule has 110 valence electrons. The fraction of sp³-hybridized carbons (Fsp3) is 0.588. The minimum atomic E-state index is -0.0478. The van der Waals surface area contributed by atoms with E-state index in [1.165, 1.54) is 11.1 Å². The molecule has 1 aliphatic rings. The summed E-state index contributed by atoms with van der Waals surface area (Å²) in [5.74, 6) is 0.118. The predicted octanol–water partition coefficient (Wildman–Crippen LogP) is 3.28. The second-order valence-electron chi connectivity index (χ2n) is 5.70. The van der Waals surface area contributed by atoms with E-state index >= 15 is 0 Å². The molecule has 1 aromatic carbocycles. The van der Waals surface area contributed by atoms with E-state index in [-0.39, 0.29) is 11.9 Å². The number of aryl methyl sites for hydroxylation is 2. The highest BCUT2D eigenvalue weighted by atomic mass is 16.2. The van der Waals surface area contributed by atoms with Crippen molar-refractivity contribution in [3.8, 4) is 0 Å². The molecule has 2 unspecified atom stereocenters. The Hall–Kier alpha value is -1.35. The molecule has 0 radical (unpaired) electrons. The number of piperidine rings is 1. The zero-order chi connectivity index (χ0) is 14.5. The number of anilines is 1. The number of amides is 1. The third kappa shape index (κ3) is 3.40. The molecule has 1 fully saturated rings. The Labute approximate surface area is 122 Å². The molecule has 1 heterocycles. The Bertz CT molecular complexity index is 448. The highest BCUT2D eigenvalue weighted by molar-refractivity contribution is 5.96. The van der Waals surface area contributed by atoms with Crippen molar-refractivity contribution >= 4 is 11.6 Å². The lowest BCUT2D eigenvalue weighted by atomic mass is 9.98. The lowest BCUT2D eigenvalue weighted by Crippen LogP contribution is -2.47. The van der Waals surface area contributed by atoms with Crippen LogP contribution in [0.5, 0.6) is 0 Å². The largest absolute Gasteiger partial charge is 0.324 e. The molecular formula is C17H26N2O. The van der Waals surface area contributed by atoms with Crippen molar-refractivity contribution in [2.75, 3.05) is 5.32 Å². The minimum absolute atomic E-state index is 0.0478. The van der Waals surface area contributed by atoms with Crippen molar-refractivity contribution in [1.29, 1.82) is 0 Å². The summed E-state index contributed by atoms with van der Waals surface area (Å²) < 4.78 is 0. The number of carbonyl (C=O) groups is 1. The van der Waals surface area contributed by atoms with Gasteiger partial charge in [-0.25, -0.2) is 0 Å². The van der Waals surface area contributed by atoms with Gasteiger partial charge in [0.05, 0.1) is 6.04 Å². The first kappa shape index (κ1) is 15.0. The van der Waals surface area contributed by atoms with Gasteiger partial charge in [-0.15, -0.1) is 0 Å². The Balaban J connectivity index is 2.14. The minimum Gasteiger partial charge on any atom is -0.324 e. The van der Waals surface area contributed by atoms with Gasteiger partial charge in [-0.1, -0.05) is 32.0 Å². The van der Waals surface area contributed by atoms with Crippen molar-refractivity contribution in [2.45, 2.75) is 65.0 Å². The summed E-state index contributed by atoms with van der Waals surface area (Å²) >= 11 is 0. The van der Waals surface area contributed by atoms with Gasteiger partial charge in [0.2, 0.25) is 5.91 Å². The molecule has 0 bridgehead atoms. The zero-order valence-corrected chi connectivity index (χ0v) is 12.8. The van der Waals surface area contributed by atoms with Gasteiger partial charge in [0, 0.05) is 11.7 Å². The van der Waals surface area contributed by atoms with E-state index in [4.69, 9.17) is 0 Å². The van der Waals surface area contributed by atoms with Crippen LogP contribution in [0.2, 0.25) is 0 Å². The lowest BCUT2D eigenvalue weighted by molar-refractivity contribution is -0.118. The van der Waals surface area contributed by atoms with Crippen molar-refractivity contribution in [1.82, 2.24) is 5.32 Å². The Kier molecular flexibility index (Phi) is 5.18. The molecule has 1 aromatic rings. The van der Waals surface area contributed by atoms with Crippen molar-refractivity contribution in [3.63, 3.8) is 0 Å². The van der Waals surface area contributed by atoms with Gasteiger partial charge in [0.1, 0.15) is 0 Å². The van der Waals surface area contributed by atoms with E-state index in [9.17, 15) is 4.79 Å². The Morgan fingerprint density at radius 1 is 1.25 bits per heavy atom. The van der Waals surface area contributed by atoms with Gasteiger partial charge in [0.25, 0.3) is 0 Å². The van der Waals surface area contributed by atoms with Crippen molar-refractivity contribution in [2.24, 2.45) is 0 Å². The summed E-state index contributed by atoms with van der Waals surface area (Å²) in [6.07, 6.45) is 5.11. The van der Waals surface area contributed by atoms with E-state index in [1.54, 1.807) is 0 Å². The zero-order valence-electron chi connectivity index (χ0n) is 12.8. The van der Waals surface area contributed by atoms with E-state index in [1.807, 2.05) is 0 Å². The van der Waals surface area contributed by atoms with Crippen LogP contribution in [0, 0.1) is 0 Å². The Morgan fingerprint density at radius 3 is 2.45 bits per heavy atom. The molecule has 1 amide bonds. The average molecular weight is 274 g/mol. The quantitative estimate of drug-likeness (QED) is 0.884. The summed E-state index contributed by atoms with van der Waals surface area (Å²) in [5.41, 5.74) is 3.48. The van der Waals surface area contributed by atoms with Crippen LogP contribution in [-0.4, -0.2) is 18.0 Å². The summed E-state index contributed by atoms with van der Waals surface area (Å²) in [7, 11) is 0. The van der Waals surface area contributed by atoms with E-state index < -0.39 is 0 Å². The van der Waals surface area contributed by atoms with Crippen LogP contribution in [0.25, 0.3) is 0 Å². The van der Waals surface area contributed by atoms with Crippen LogP contribution < -0.4 is 10.6 Å². The molecule has 2 N–H and O–H groups in total. The lowest BCUT2D eigenvalue weighted by Gasteiger charge is -2.28. The third-order valence-corrected chi connectivity index (χ3v) is 4.18. The van der Waals surface area contributed by atoms with Crippen molar-refractivity contribution in [3.05, 3.63) is 29.3 Å². The van der Waals surface area contributed by atoms with Crippen LogP contribution >= 0.6 is 0 Å². The van der Waals surface area contributed by atoms with Crippen LogP contribution in [-0.2, 0) is 17.6 Å². The summed E-state index contributed by atoms with van der Waals surface area (Å²) in [6, 6.07) is 6.67. The molecule has 0 aromatic heterocycles. The fourth-order valence-corrected chi connectivity index (χ4v) is 2.96. The molecule has 1 saturated heterocycles. The molecule has 20 heavy (non-hydrogen) atoms. The van der Waals surface area contributed by atoms with Crippen LogP contribution in [0.3, 0.4) is 0 Å². The highest BCUT2D eigenvalue weighted by Crippen LogP contribution is 2.23. The maximum Gasteiger partial charge on any atom is 0.241 e. The van der Waals surface area contributed by atoms with E-state index in [0.29, 0.717) is 6.04 Å². The molecule has 3 nitrogen and oxygen atoms in total. The second kappa shape index (κ2) is 6.89. The number of nitrogens with one attached hydrogen (secondary N) is 2. The number of carbonyl (C=O) groups excluding carboxylic acids is 1. The van der Waals surface area contributed by atoms with Crippen LogP contribution in [0.1, 0.15) is 51.2 Å². The number of hydrogen-bond donors (Lipinski definition) is 2. The molecule has 0 spiro atoms. The smallest absolute Gasteiger partial charge is 0.241 e. The molecule has 1 aliphatic heterocycles. The van der Waals surface area contributed by atoms with Gasteiger partial charge in [-0.05, 0) is 50.2 Å². The molecular weight excluding hydrogens is 248 g/mol. The molecule has 0 saturated carbocycles. The monoisotopic (exact) mass is 274 g/mol. The maximum atomic E-state index is 12.5. The first-order chi connectivity index (χ1) is 9.65. The first-order valence-corrected chi connectivity index (χ1v) is 7.83. The fourth-order valence-electron chi connectivity index (χ4n) is 2.96. The Morgan fingerprint density at radius 2 is 1.90 bits per heavy atom. The summed E-state index contributed by atoms with van der Waals surface area (Å²) in [4.78, 5) is 12.5. The van der Waals surface area contributed by atoms with Gasteiger partial charge >= 0.3 is 0 Å². The molecule has 2 rings (SSSR count). The number of rotatable bonds is 4. The van der Waals surface area contributed by atoms with Gasteiger partial charge in [0.15, 0.2) is 0 Å². The van der Waals surface area contributed by atoms with Crippen molar-refractivity contribution < 1.29 is 4.79 Å². The average Bonchev–Trinajstić information content (AvgIpc) is 2.47. The number of para-hydroxylation sites is 1. The molecule has 0 aliphatic carbocycles. The third-order valence-electron chi connectivity index (χ3n) is 4.18. The standard InChI is InChI=1S/C17H26N2O/c1-4-13-9-7-10-14(5-2)16(13)19-17(20)15-11-6-8-12(3)18-15/h7,9-10,12,15,18H,4-6,8,11H2,1-3H3,(H,19,20). The number of benzene rings is 1. The SMILES string of the molecule is CCc1cccc(CC)c1NC(=O)C1CCCC(C)N1. The van der Waals surface area contributed by atoms with Gasteiger partial charge in [-0.2, -0.15) is 0 Å². The highest BCUT2D eigenvalue weighted by Gasteiger charge is 2.24. The van der Waals surface area contributed by atoms with E-state index in [2.05, 4.69) is 49.6 Å². The molecule has 3 heteroatoms. The summed E-state index contributed by atoms with van der Waals surface area (Å²) in [5, 5.41) is 6.57. The van der Waals surface area contributed by atoms with Crippen LogP contribution in [0.15, 0.2) is 18.2 Å². The molecule has 2 atom stereocenters. The second-order valence-corrected chi connectivity index (χ2v) is 5.70. The summed E-state index contributed by atoms with van der Waals surface area (Å²) in [6.45, 7) is 6.41.